The number of aromatic nitrogens is 1. The summed E-state index contributed by atoms with van der Waals surface area (Å²) in [5, 5.41) is 0. The van der Waals surface area contributed by atoms with E-state index < -0.39 is 10.0 Å². The molecular formula is C12H17ClN2O3S3. The van der Waals surface area contributed by atoms with Gasteiger partial charge in [0.1, 0.15) is 0 Å². The van der Waals surface area contributed by atoms with Crippen LogP contribution in [0.25, 0.3) is 0 Å². The van der Waals surface area contributed by atoms with Crippen LogP contribution in [0.2, 0.25) is 4.47 Å². The van der Waals surface area contributed by atoms with Crippen molar-refractivity contribution in [2.24, 2.45) is 0 Å². The Labute approximate surface area is 138 Å². The molecule has 0 aliphatic carbocycles. The van der Waals surface area contributed by atoms with Gasteiger partial charge in [-0.25, -0.2) is 13.4 Å². The second kappa shape index (κ2) is 6.72. The van der Waals surface area contributed by atoms with Crippen molar-refractivity contribution in [1.29, 1.82) is 0 Å². The van der Waals surface area contributed by atoms with Crippen LogP contribution in [0.15, 0.2) is 10.4 Å². The minimum atomic E-state index is -3.54. The van der Waals surface area contributed by atoms with Crippen LogP contribution in [0.1, 0.15) is 19.3 Å². The molecule has 3 heterocycles. The Morgan fingerprint density at radius 3 is 2.90 bits per heavy atom. The summed E-state index contributed by atoms with van der Waals surface area (Å²) in [7, 11) is -3.54. The van der Waals surface area contributed by atoms with Crippen LogP contribution in [-0.2, 0) is 14.8 Å². The zero-order chi connectivity index (χ0) is 14.9. The summed E-state index contributed by atoms with van der Waals surface area (Å²) in [6.07, 6.45) is 4.18. The summed E-state index contributed by atoms with van der Waals surface area (Å²) in [6, 6.07) is 0.0464. The summed E-state index contributed by atoms with van der Waals surface area (Å²) in [6.45, 7) is 1.16. The van der Waals surface area contributed by atoms with Crippen molar-refractivity contribution in [2.75, 3.05) is 24.7 Å². The fraction of sp³-hybridized carbons (Fsp3) is 0.750. The molecule has 0 bridgehead atoms. The van der Waals surface area contributed by atoms with Crippen molar-refractivity contribution in [2.45, 2.75) is 35.6 Å². The maximum Gasteiger partial charge on any atom is 0.254 e. The molecule has 1 aromatic heterocycles. The number of ether oxygens (including phenoxy) is 1. The normalized spacial score (nSPS) is 26.8. The third-order valence-corrected chi connectivity index (χ3v) is 8.35. The van der Waals surface area contributed by atoms with Crippen molar-refractivity contribution in [3.63, 3.8) is 0 Å². The first-order valence-corrected chi connectivity index (χ1v) is 10.7. The van der Waals surface area contributed by atoms with Gasteiger partial charge in [-0.1, -0.05) is 22.9 Å². The highest BCUT2D eigenvalue weighted by Gasteiger charge is 2.37. The monoisotopic (exact) mass is 368 g/mol. The van der Waals surface area contributed by atoms with Gasteiger partial charge >= 0.3 is 0 Å². The Bertz CT molecular complexity index is 580. The van der Waals surface area contributed by atoms with E-state index in [9.17, 15) is 8.42 Å². The Balaban J connectivity index is 1.85. The summed E-state index contributed by atoms with van der Waals surface area (Å²) in [4.78, 5) is 3.87. The molecule has 0 N–H and O–H groups in total. The number of halogens is 1. The minimum Gasteiger partial charge on any atom is -0.377 e. The number of hydrogen-bond acceptors (Lipinski definition) is 6. The molecule has 2 saturated heterocycles. The topological polar surface area (TPSA) is 59.5 Å². The summed E-state index contributed by atoms with van der Waals surface area (Å²) >= 11 is 8.61. The fourth-order valence-electron chi connectivity index (χ4n) is 2.66. The van der Waals surface area contributed by atoms with Gasteiger partial charge in [0.25, 0.3) is 10.0 Å². The zero-order valence-electron chi connectivity index (χ0n) is 11.4. The van der Waals surface area contributed by atoms with Crippen molar-refractivity contribution in [1.82, 2.24) is 9.29 Å². The quantitative estimate of drug-likeness (QED) is 0.799. The number of hydrogen-bond donors (Lipinski definition) is 0. The van der Waals surface area contributed by atoms with Gasteiger partial charge in [-0.2, -0.15) is 16.1 Å². The zero-order valence-corrected chi connectivity index (χ0v) is 14.6. The summed E-state index contributed by atoms with van der Waals surface area (Å²) in [5.74, 6) is 1.85. The average Bonchev–Trinajstić information content (AvgIpc) is 3.18. The van der Waals surface area contributed by atoms with Gasteiger partial charge in [0, 0.05) is 24.9 Å². The number of thioether (sulfide) groups is 1. The number of rotatable bonds is 5. The van der Waals surface area contributed by atoms with Gasteiger partial charge in [0.05, 0.1) is 12.3 Å². The van der Waals surface area contributed by atoms with E-state index in [1.807, 2.05) is 0 Å². The first kappa shape index (κ1) is 16.0. The molecule has 0 aromatic carbocycles. The Kier molecular flexibility index (Phi) is 5.12. The van der Waals surface area contributed by atoms with Gasteiger partial charge in [-0.3, -0.25) is 0 Å². The average molecular weight is 369 g/mol. The van der Waals surface area contributed by atoms with Gasteiger partial charge in [-0.15, -0.1) is 0 Å². The molecule has 9 heteroatoms. The van der Waals surface area contributed by atoms with Crippen LogP contribution < -0.4 is 0 Å². The number of sulfonamides is 1. The van der Waals surface area contributed by atoms with Crippen LogP contribution in [0.5, 0.6) is 0 Å². The van der Waals surface area contributed by atoms with Gasteiger partial charge in [-0.05, 0) is 25.0 Å². The highest BCUT2D eigenvalue weighted by Crippen LogP contribution is 2.32. The van der Waals surface area contributed by atoms with Gasteiger partial charge < -0.3 is 4.74 Å². The SMILES string of the molecule is O=S(=O)(c1cnc(Cl)s1)N(CC1CCCO1)C1CCSC1. The lowest BCUT2D eigenvalue weighted by Gasteiger charge is -2.29. The Hall–Kier alpha value is 0.140. The lowest BCUT2D eigenvalue weighted by atomic mass is 10.2. The molecule has 2 atom stereocenters. The van der Waals surface area contributed by atoms with E-state index in [-0.39, 0.29) is 20.8 Å². The predicted octanol–water partition coefficient (Wildman–Crippen LogP) is 2.47. The van der Waals surface area contributed by atoms with Gasteiger partial charge in [0.2, 0.25) is 0 Å². The molecule has 0 radical (unpaired) electrons. The molecular weight excluding hydrogens is 352 g/mol. The molecule has 0 saturated carbocycles. The minimum absolute atomic E-state index is 0.00812. The van der Waals surface area contributed by atoms with E-state index in [0.29, 0.717) is 6.54 Å². The molecule has 1 aromatic rings. The van der Waals surface area contributed by atoms with Crippen LogP contribution in [0, 0.1) is 0 Å². The molecule has 2 fully saturated rings. The van der Waals surface area contributed by atoms with Crippen LogP contribution in [0.3, 0.4) is 0 Å². The van der Waals surface area contributed by atoms with Crippen LogP contribution in [0.4, 0.5) is 0 Å². The third-order valence-electron chi connectivity index (χ3n) is 3.74. The largest absolute Gasteiger partial charge is 0.377 e. The standard InChI is InChI=1S/C12H17ClN2O3S3/c13-12-14-6-11(20-12)21(16,17)15(9-3-5-19-8-9)7-10-2-1-4-18-10/h6,9-10H,1-5,7-8H2. The molecule has 3 rings (SSSR count). The van der Waals surface area contributed by atoms with E-state index in [2.05, 4.69) is 4.98 Å². The highest BCUT2D eigenvalue weighted by atomic mass is 35.5. The highest BCUT2D eigenvalue weighted by molar-refractivity contribution is 7.99. The number of nitrogens with zero attached hydrogens (tertiary/aromatic N) is 2. The van der Waals surface area contributed by atoms with Crippen molar-refractivity contribution < 1.29 is 13.2 Å². The van der Waals surface area contributed by atoms with Crippen molar-refractivity contribution in [3.05, 3.63) is 10.7 Å². The van der Waals surface area contributed by atoms with Crippen molar-refractivity contribution in [3.8, 4) is 0 Å². The molecule has 21 heavy (non-hydrogen) atoms. The molecule has 118 valence electrons. The maximum absolute atomic E-state index is 12.9. The van der Waals surface area contributed by atoms with Crippen LogP contribution >= 0.6 is 34.7 Å². The molecule has 2 aliphatic rings. The molecule has 2 aliphatic heterocycles. The molecule has 2 unspecified atom stereocenters. The molecule has 0 amide bonds. The van der Waals surface area contributed by atoms with E-state index >= 15 is 0 Å². The Morgan fingerprint density at radius 2 is 2.33 bits per heavy atom. The maximum atomic E-state index is 12.9. The summed E-state index contributed by atoms with van der Waals surface area (Å²) < 4.78 is 33.5. The first-order valence-electron chi connectivity index (χ1n) is 6.90. The van der Waals surface area contributed by atoms with E-state index in [4.69, 9.17) is 16.3 Å². The predicted molar refractivity (Wildman–Crippen MR) is 85.7 cm³/mol. The lowest BCUT2D eigenvalue weighted by Crippen LogP contribution is -2.44. The van der Waals surface area contributed by atoms with E-state index in [1.165, 1.54) is 6.20 Å². The third kappa shape index (κ3) is 3.56. The lowest BCUT2D eigenvalue weighted by molar-refractivity contribution is 0.0878. The van der Waals surface area contributed by atoms with Crippen LogP contribution in [-0.4, -0.2) is 54.5 Å². The second-order valence-corrected chi connectivity index (χ2v) is 10.0. The smallest absolute Gasteiger partial charge is 0.254 e. The van der Waals surface area contributed by atoms with E-state index in [1.54, 1.807) is 16.1 Å². The summed E-state index contributed by atoms with van der Waals surface area (Å²) in [5.41, 5.74) is 0. The molecule has 5 nitrogen and oxygen atoms in total. The number of thiazole rings is 1. The van der Waals surface area contributed by atoms with E-state index in [0.717, 1.165) is 48.7 Å². The Morgan fingerprint density at radius 1 is 1.48 bits per heavy atom. The van der Waals surface area contributed by atoms with Crippen molar-refractivity contribution >= 4 is 44.7 Å². The van der Waals surface area contributed by atoms with Gasteiger partial charge in [0.15, 0.2) is 8.68 Å². The molecule has 0 spiro atoms. The first-order chi connectivity index (χ1) is 10.1. The fourth-order valence-corrected chi connectivity index (χ4v) is 7.08. The second-order valence-electron chi connectivity index (χ2n) is 5.16.